The van der Waals surface area contributed by atoms with Gasteiger partial charge in [-0.25, -0.2) is 0 Å². The van der Waals surface area contributed by atoms with E-state index < -0.39 is 17.5 Å². The fourth-order valence-electron chi connectivity index (χ4n) is 1.13. The number of hydrogen-bond acceptors (Lipinski definition) is 2. The summed E-state index contributed by atoms with van der Waals surface area (Å²) in [6.07, 6.45) is -5.11. The van der Waals surface area contributed by atoms with E-state index in [9.17, 15) is 18.0 Å². The minimum atomic E-state index is -4.90. The van der Waals surface area contributed by atoms with Gasteiger partial charge in [-0.3, -0.25) is 4.79 Å². The van der Waals surface area contributed by atoms with Gasteiger partial charge < -0.3 is 0 Å². The molecule has 0 aliphatic heterocycles. The van der Waals surface area contributed by atoms with E-state index in [-0.39, 0.29) is 12.0 Å². The molecule has 0 aliphatic carbocycles. The van der Waals surface area contributed by atoms with Gasteiger partial charge in [0.2, 0.25) is 0 Å². The third kappa shape index (κ3) is 2.56. The van der Waals surface area contributed by atoms with Crippen LogP contribution in [0.3, 0.4) is 0 Å². The molecule has 1 aromatic rings. The summed E-state index contributed by atoms with van der Waals surface area (Å²) in [7, 11) is 0. The van der Waals surface area contributed by atoms with Gasteiger partial charge in [0.05, 0.1) is 12.5 Å². The third-order valence-electron chi connectivity index (χ3n) is 1.79. The second kappa shape index (κ2) is 4.13. The lowest BCUT2D eigenvalue weighted by molar-refractivity contribution is -0.0885. The summed E-state index contributed by atoms with van der Waals surface area (Å²) in [6, 6.07) is 6.94. The van der Waals surface area contributed by atoms with E-state index in [1.807, 2.05) is 0 Å². The van der Waals surface area contributed by atoms with Gasteiger partial charge in [0.1, 0.15) is 0 Å². The molecule has 0 aliphatic rings. The van der Waals surface area contributed by atoms with Crippen molar-refractivity contribution in [1.29, 1.82) is 5.26 Å². The van der Waals surface area contributed by atoms with Gasteiger partial charge in [-0.05, 0) is 5.56 Å². The Kier molecular flexibility index (Phi) is 3.10. The fraction of sp³-hybridized carbons (Fsp3) is 0.200. The highest BCUT2D eigenvalue weighted by molar-refractivity contribution is 6.01. The van der Waals surface area contributed by atoms with Gasteiger partial charge in [-0.15, -0.1) is 0 Å². The summed E-state index contributed by atoms with van der Waals surface area (Å²) in [6.45, 7) is 0. The number of benzene rings is 1. The maximum atomic E-state index is 12.1. The van der Waals surface area contributed by atoms with Gasteiger partial charge in [0.15, 0.2) is 0 Å². The van der Waals surface area contributed by atoms with Crippen molar-refractivity contribution in [2.45, 2.75) is 12.6 Å². The highest BCUT2D eigenvalue weighted by atomic mass is 19.4. The Balaban J connectivity index is 3.15. The number of nitriles is 1. The molecule has 0 atom stereocenters. The Labute approximate surface area is 83.9 Å². The molecule has 0 aromatic heterocycles. The van der Waals surface area contributed by atoms with Crippen molar-refractivity contribution < 1.29 is 18.0 Å². The molecule has 0 N–H and O–H groups in total. The first-order valence-electron chi connectivity index (χ1n) is 4.03. The normalized spacial score (nSPS) is 10.8. The van der Waals surface area contributed by atoms with Crippen molar-refractivity contribution in [3.05, 3.63) is 35.4 Å². The van der Waals surface area contributed by atoms with Crippen LogP contribution in [0.4, 0.5) is 13.2 Å². The minimum Gasteiger partial charge on any atom is -0.284 e. The molecule has 0 bridgehead atoms. The average Bonchev–Trinajstić information content (AvgIpc) is 2.17. The Bertz CT molecular complexity index is 417. The summed E-state index contributed by atoms with van der Waals surface area (Å²) in [5.74, 6) is -1.91. The number of halogens is 3. The van der Waals surface area contributed by atoms with E-state index in [0.717, 1.165) is 6.07 Å². The van der Waals surface area contributed by atoms with Gasteiger partial charge in [-0.2, -0.15) is 18.4 Å². The van der Waals surface area contributed by atoms with Crippen LogP contribution in [0.5, 0.6) is 0 Å². The zero-order valence-corrected chi connectivity index (χ0v) is 7.51. The molecule has 1 aromatic carbocycles. The van der Waals surface area contributed by atoms with Crippen LogP contribution in [-0.2, 0) is 6.42 Å². The molecule has 0 unspecified atom stereocenters. The number of ketones is 1. The molecule has 0 fully saturated rings. The first-order chi connectivity index (χ1) is 6.96. The highest BCUT2D eigenvalue weighted by Crippen LogP contribution is 2.23. The standard InChI is InChI=1S/C10H6F3NO/c11-10(12,13)9(15)8-4-2-1-3-7(8)5-6-14/h1-4H,5H2. The van der Waals surface area contributed by atoms with Crippen molar-refractivity contribution in [2.75, 3.05) is 0 Å². The van der Waals surface area contributed by atoms with E-state index in [1.165, 1.54) is 18.2 Å². The Hall–Kier alpha value is -1.83. The van der Waals surface area contributed by atoms with Crippen LogP contribution in [0, 0.1) is 11.3 Å². The van der Waals surface area contributed by atoms with Gasteiger partial charge in [-0.1, -0.05) is 24.3 Å². The second-order valence-corrected chi connectivity index (χ2v) is 2.82. The fourth-order valence-corrected chi connectivity index (χ4v) is 1.13. The van der Waals surface area contributed by atoms with Crippen molar-refractivity contribution >= 4 is 5.78 Å². The summed E-state index contributed by atoms with van der Waals surface area (Å²) in [5.41, 5.74) is -0.353. The van der Waals surface area contributed by atoms with Crippen molar-refractivity contribution in [3.63, 3.8) is 0 Å². The number of rotatable bonds is 2. The average molecular weight is 213 g/mol. The number of carbonyl (C=O) groups is 1. The largest absolute Gasteiger partial charge is 0.454 e. The van der Waals surface area contributed by atoms with Gasteiger partial charge in [0, 0.05) is 5.56 Å². The molecule has 0 saturated heterocycles. The first-order valence-corrected chi connectivity index (χ1v) is 4.03. The molecule has 0 radical (unpaired) electrons. The monoisotopic (exact) mass is 213 g/mol. The number of alkyl halides is 3. The van der Waals surface area contributed by atoms with Crippen LogP contribution >= 0.6 is 0 Å². The molecule has 0 amide bonds. The zero-order chi connectivity index (χ0) is 11.5. The molecular formula is C10H6F3NO. The summed E-state index contributed by atoms with van der Waals surface area (Å²) < 4.78 is 36.4. The predicted octanol–water partition coefficient (Wildman–Crippen LogP) is 2.50. The van der Waals surface area contributed by atoms with Crippen LogP contribution < -0.4 is 0 Å². The molecule has 5 heteroatoms. The lowest BCUT2D eigenvalue weighted by Gasteiger charge is -2.07. The molecule has 15 heavy (non-hydrogen) atoms. The topological polar surface area (TPSA) is 40.9 Å². The van der Waals surface area contributed by atoms with Crippen molar-refractivity contribution in [3.8, 4) is 6.07 Å². The van der Waals surface area contributed by atoms with Crippen molar-refractivity contribution in [2.24, 2.45) is 0 Å². The molecule has 1 rings (SSSR count). The molecule has 0 heterocycles. The van der Waals surface area contributed by atoms with Crippen LogP contribution in [0.15, 0.2) is 24.3 Å². The molecule has 78 valence electrons. The molecular weight excluding hydrogens is 207 g/mol. The predicted molar refractivity (Wildman–Crippen MR) is 46.1 cm³/mol. The Morgan fingerprint density at radius 2 is 1.93 bits per heavy atom. The molecule has 2 nitrogen and oxygen atoms in total. The number of Topliss-reactive ketones (excluding diaryl/α,β-unsaturated/α-hetero) is 1. The highest BCUT2D eigenvalue weighted by Gasteiger charge is 2.40. The van der Waals surface area contributed by atoms with Crippen LogP contribution in [0.2, 0.25) is 0 Å². The first kappa shape index (κ1) is 11.2. The quantitative estimate of drug-likeness (QED) is 0.708. The SMILES string of the molecule is N#CCc1ccccc1C(=O)C(F)(F)F. The van der Waals surface area contributed by atoms with Gasteiger partial charge >= 0.3 is 6.18 Å². The maximum Gasteiger partial charge on any atom is 0.454 e. The Morgan fingerprint density at radius 1 is 1.33 bits per heavy atom. The maximum absolute atomic E-state index is 12.1. The van der Waals surface area contributed by atoms with E-state index in [0.29, 0.717) is 0 Å². The third-order valence-corrected chi connectivity index (χ3v) is 1.79. The van der Waals surface area contributed by atoms with Gasteiger partial charge in [0.25, 0.3) is 5.78 Å². The summed E-state index contributed by atoms with van der Waals surface area (Å²) >= 11 is 0. The lowest BCUT2D eigenvalue weighted by Crippen LogP contribution is -2.23. The number of hydrogen-bond donors (Lipinski definition) is 0. The number of nitrogens with zero attached hydrogens (tertiary/aromatic N) is 1. The summed E-state index contributed by atoms with van der Waals surface area (Å²) in [4.78, 5) is 10.9. The van der Waals surface area contributed by atoms with E-state index >= 15 is 0 Å². The van der Waals surface area contributed by atoms with E-state index in [4.69, 9.17) is 5.26 Å². The zero-order valence-electron chi connectivity index (χ0n) is 7.51. The smallest absolute Gasteiger partial charge is 0.284 e. The van der Waals surface area contributed by atoms with E-state index in [1.54, 1.807) is 6.07 Å². The van der Waals surface area contributed by atoms with Crippen molar-refractivity contribution in [1.82, 2.24) is 0 Å². The van der Waals surface area contributed by atoms with E-state index in [2.05, 4.69) is 0 Å². The molecule has 0 saturated carbocycles. The minimum absolute atomic E-state index is 0.0994. The van der Waals surface area contributed by atoms with Crippen LogP contribution in [0.25, 0.3) is 0 Å². The summed E-state index contributed by atoms with van der Waals surface area (Å²) in [5, 5.41) is 8.39. The Morgan fingerprint density at radius 3 is 2.47 bits per heavy atom. The van der Waals surface area contributed by atoms with Crippen LogP contribution in [0.1, 0.15) is 15.9 Å². The molecule has 0 spiro atoms. The lowest BCUT2D eigenvalue weighted by atomic mass is 10.0. The van der Waals surface area contributed by atoms with Crippen LogP contribution in [-0.4, -0.2) is 12.0 Å². The number of carbonyl (C=O) groups excluding carboxylic acids is 1. The second-order valence-electron chi connectivity index (χ2n) is 2.82.